The van der Waals surface area contributed by atoms with Crippen LogP contribution >= 0.6 is 0 Å². The predicted molar refractivity (Wildman–Crippen MR) is 126 cm³/mol. The fraction of sp³-hybridized carbons (Fsp3) is 0.115. The van der Waals surface area contributed by atoms with Gasteiger partial charge in [0.15, 0.2) is 6.61 Å². The van der Waals surface area contributed by atoms with E-state index >= 15 is 0 Å². The first-order valence-electron chi connectivity index (χ1n) is 10.2. The number of hydrogen-bond donors (Lipinski definition) is 1. The Labute approximate surface area is 190 Å². The highest BCUT2D eigenvalue weighted by atomic mass is 16.6. The molecule has 0 fully saturated rings. The molecule has 0 bridgehead atoms. The van der Waals surface area contributed by atoms with Crippen LogP contribution in [0, 0.1) is 0 Å². The highest BCUT2D eigenvalue weighted by molar-refractivity contribution is 6.05. The van der Waals surface area contributed by atoms with E-state index < -0.39 is 5.97 Å². The highest BCUT2D eigenvalue weighted by Crippen LogP contribution is 2.32. The number of benzene rings is 3. The fourth-order valence-electron chi connectivity index (χ4n) is 3.29. The van der Waals surface area contributed by atoms with Gasteiger partial charge in [-0.05, 0) is 54.6 Å². The lowest BCUT2D eigenvalue weighted by atomic mass is 10.1. The number of hydrogen-bond acceptors (Lipinski definition) is 6. The Bertz CT molecular complexity index is 1290. The molecule has 1 amide bonds. The van der Waals surface area contributed by atoms with Crippen molar-refractivity contribution in [2.75, 3.05) is 26.1 Å². The van der Waals surface area contributed by atoms with E-state index in [1.54, 1.807) is 55.6 Å². The minimum Gasteiger partial charge on any atom is -0.497 e. The van der Waals surface area contributed by atoms with Gasteiger partial charge in [0.2, 0.25) is 0 Å². The molecule has 3 aromatic carbocycles. The molecule has 1 heterocycles. The van der Waals surface area contributed by atoms with Crippen LogP contribution in [0.3, 0.4) is 0 Å². The van der Waals surface area contributed by atoms with Gasteiger partial charge in [-0.3, -0.25) is 4.79 Å². The molecule has 0 radical (unpaired) electrons. The predicted octanol–water partition coefficient (Wildman–Crippen LogP) is 4.71. The Morgan fingerprint density at radius 3 is 2.36 bits per heavy atom. The largest absolute Gasteiger partial charge is 0.497 e. The molecule has 7 nitrogen and oxygen atoms in total. The number of amides is 1. The maximum Gasteiger partial charge on any atom is 0.343 e. The molecule has 0 atom stereocenters. The van der Waals surface area contributed by atoms with Crippen LogP contribution in [-0.2, 0) is 9.53 Å². The Balaban J connectivity index is 1.71. The van der Waals surface area contributed by atoms with Gasteiger partial charge < -0.3 is 19.5 Å². The lowest BCUT2D eigenvalue weighted by molar-refractivity contribution is -0.142. The maximum atomic E-state index is 12.6. The van der Waals surface area contributed by atoms with Gasteiger partial charge in [0, 0.05) is 28.3 Å². The van der Waals surface area contributed by atoms with Gasteiger partial charge in [-0.15, -0.1) is 0 Å². The van der Waals surface area contributed by atoms with E-state index in [4.69, 9.17) is 19.2 Å². The van der Waals surface area contributed by atoms with Crippen molar-refractivity contribution in [2.45, 2.75) is 0 Å². The SMILES string of the molecule is COC(=O)COc1cc(-c2ccc(OC)cc2)nc2ccc(NC(=O)c3ccccc3)cc12. The van der Waals surface area contributed by atoms with Crippen LogP contribution in [0.1, 0.15) is 10.4 Å². The van der Waals surface area contributed by atoms with E-state index in [1.165, 1.54) is 7.11 Å². The summed E-state index contributed by atoms with van der Waals surface area (Å²) in [6.45, 7) is -0.252. The zero-order valence-corrected chi connectivity index (χ0v) is 18.2. The second-order valence-electron chi connectivity index (χ2n) is 7.15. The maximum absolute atomic E-state index is 12.6. The summed E-state index contributed by atoms with van der Waals surface area (Å²) in [5, 5.41) is 3.54. The zero-order chi connectivity index (χ0) is 23.2. The molecule has 0 unspecified atom stereocenters. The van der Waals surface area contributed by atoms with Gasteiger partial charge in [-0.1, -0.05) is 18.2 Å². The molecule has 0 saturated heterocycles. The van der Waals surface area contributed by atoms with Crippen molar-refractivity contribution in [3.05, 3.63) is 84.4 Å². The number of carbonyl (C=O) groups excluding carboxylic acids is 2. The Kier molecular flexibility index (Phi) is 6.50. The molecule has 4 aromatic rings. The molecule has 0 aliphatic carbocycles. The molecule has 1 N–H and O–H groups in total. The normalized spacial score (nSPS) is 10.5. The quantitative estimate of drug-likeness (QED) is 0.417. The van der Waals surface area contributed by atoms with Gasteiger partial charge in [0.05, 0.1) is 25.4 Å². The molecule has 0 spiro atoms. The van der Waals surface area contributed by atoms with Crippen molar-refractivity contribution in [2.24, 2.45) is 0 Å². The molecule has 33 heavy (non-hydrogen) atoms. The van der Waals surface area contributed by atoms with Crippen LogP contribution in [0.25, 0.3) is 22.2 Å². The van der Waals surface area contributed by atoms with Crippen LogP contribution in [0.2, 0.25) is 0 Å². The summed E-state index contributed by atoms with van der Waals surface area (Å²) < 4.78 is 15.7. The third-order valence-corrected chi connectivity index (χ3v) is 5.02. The van der Waals surface area contributed by atoms with Crippen molar-refractivity contribution in [1.29, 1.82) is 0 Å². The number of pyridine rings is 1. The fourth-order valence-corrected chi connectivity index (χ4v) is 3.29. The highest BCUT2D eigenvalue weighted by Gasteiger charge is 2.13. The van der Waals surface area contributed by atoms with Crippen LogP contribution in [-0.4, -0.2) is 37.7 Å². The average Bonchev–Trinajstić information content (AvgIpc) is 2.87. The summed E-state index contributed by atoms with van der Waals surface area (Å²) in [6.07, 6.45) is 0. The van der Waals surface area contributed by atoms with Crippen LogP contribution in [0.5, 0.6) is 11.5 Å². The molecule has 0 aliphatic rings. The minimum atomic E-state index is -0.500. The number of esters is 1. The van der Waals surface area contributed by atoms with E-state index in [2.05, 4.69) is 5.32 Å². The van der Waals surface area contributed by atoms with Gasteiger partial charge in [-0.2, -0.15) is 0 Å². The van der Waals surface area contributed by atoms with Crippen molar-refractivity contribution in [3.8, 4) is 22.8 Å². The zero-order valence-electron chi connectivity index (χ0n) is 18.2. The number of methoxy groups -OCH3 is 2. The average molecular weight is 442 g/mol. The summed E-state index contributed by atoms with van der Waals surface area (Å²) in [4.78, 5) is 29.0. The third-order valence-electron chi connectivity index (χ3n) is 5.02. The Morgan fingerprint density at radius 1 is 0.909 bits per heavy atom. The van der Waals surface area contributed by atoms with E-state index in [9.17, 15) is 9.59 Å². The summed E-state index contributed by atoms with van der Waals surface area (Å²) in [7, 11) is 2.91. The van der Waals surface area contributed by atoms with E-state index in [0.717, 1.165) is 11.3 Å². The molecule has 4 rings (SSSR count). The lowest BCUT2D eigenvalue weighted by Crippen LogP contribution is -2.13. The molecular formula is C26H22N2O5. The number of aromatic nitrogens is 1. The van der Waals surface area contributed by atoms with E-state index in [0.29, 0.717) is 33.6 Å². The Hall–Kier alpha value is -4.39. The summed E-state index contributed by atoms with van der Waals surface area (Å²) in [6, 6.07) is 23.5. The van der Waals surface area contributed by atoms with Crippen molar-refractivity contribution in [3.63, 3.8) is 0 Å². The second-order valence-corrected chi connectivity index (χ2v) is 7.15. The van der Waals surface area contributed by atoms with Crippen molar-refractivity contribution < 1.29 is 23.8 Å². The number of ether oxygens (including phenoxy) is 3. The number of carbonyl (C=O) groups is 2. The summed E-state index contributed by atoms with van der Waals surface area (Å²) in [5.41, 5.74) is 3.32. The minimum absolute atomic E-state index is 0.227. The molecule has 7 heteroatoms. The van der Waals surface area contributed by atoms with E-state index in [-0.39, 0.29) is 12.5 Å². The Morgan fingerprint density at radius 2 is 1.67 bits per heavy atom. The molecule has 0 aliphatic heterocycles. The first kappa shape index (κ1) is 21.8. The molecule has 1 aromatic heterocycles. The van der Waals surface area contributed by atoms with E-state index in [1.807, 2.05) is 30.3 Å². The van der Waals surface area contributed by atoms with Crippen molar-refractivity contribution >= 4 is 28.5 Å². The molecule has 166 valence electrons. The van der Waals surface area contributed by atoms with Gasteiger partial charge >= 0.3 is 5.97 Å². The summed E-state index contributed by atoms with van der Waals surface area (Å²) >= 11 is 0. The first-order chi connectivity index (χ1) is 16.1. The smallest absolute Gasteiger partial charge is 0.343 e. The van der Waals surface area contributed by atoms with Crippen LogP contribution < -0.4 is 14.8 Å². The number of nitrogens with zero attached hydrogens (tertiary/aromatic N) is 1. The first-order valence-corrected chi connectivity index (χ1v) is 10.2. The molecular weight excluding hydrogens is 420 g/mol. The second kappa shape index (κ2) is 9.82. The van der Waals surface area contributed by atoms with Crippen molar-refractivity contribution in [1.82, 2.24) is 4.98 Å². The number of fused-ring (bicyclic) bond motifs is 1. The molecule has 0 saturated carbocycles. The standard InChI is InChI=1S/C26H22N2O5/c1-31-20-11-8-17(9-12-20)23-15-24(33-16-25(29)32-2)21-14-19(10-13-22(21)28-23)27-26(30)18-6-4-3-5-7-18/h3-15H,16H2,1-2H3,(H,27,30). The summed E-state index contributed by atoms with van der Waals surface area (Å²) in [5.74, 6) is 0.460. The monoisotopic (exact) mass is 442 g/mol. The number of anilines is 1. The third kappa shape index (κ3) is 5.10. The van der Waals surface area contributed by atoms with Crippen LogP contribution in [0.4, 0.5) is 5.69 Å². The lowest BCUT2D eigenvalue weighted by Gasteiger charge is -2.13. The van der Waals surface area contributed by atoms with Gasteiger partial charge in [0.1, 0.15) is 11.5 Å². The van der Waals surface area contributed by atoms with Crippen LogP contribution in [0.15, 0.2) is 78.9 Å². The number of rotatable bonds is 7. The topological polar surface area (TPSA) is 86.8 Å². The number of nitrogens with one attached hydrogen (secondary N) is 1. The van der Waals surface area contributed by atoms with Gasteiger partial charge in [-0.25, -0.2) is 9.78 Å². The van der Waals surface area contributed by atoms with Gasteiger partial charge in [0.25, 0.3) is 5.91 Å².